The lowest BCUT2D eigenvalue weighted by Crippen LogP contribution is -2.21. The van der Waals surface area contributed by atoms with Gasteiger partial charge in [-0.25, -0.2) is 4.79 Å². The van der Waals surface area contributed by atoms with Gasteiger partial charge in [0.2, 0.25) is 0 Å². The number of carbonyl (C=O) groups excluding carboxylic acids is 1. The molecule has 21 heavy (non-hydrogen) atoms. The molecule has 3 rings (SSSR count). The fourth-order valence-electron chi connectivity index (χ4n) is 2.48. The van der Waals surface area contributed by atoms with E-state index in [1.165, 1.54) is 12.8 Å². The van der Waals surface area contributed by atoms with E-state index in [9.17, 15) is 4.79 Å². The Hall–Kier alpha value is -2.17. The molecule has 1 aliphatic carbocycles. The van der Waals surface area contributed by atoms with Gasteiger partial charge >= 0.3 is 5.97 Å². The summed E-state index contributed by atoms with van der Waals surface area (Å²) in [7, 11) is 0. The van der Waals surface area contributed by atoms with Crippen LogP contribution in [0.1, 0.15) is 37.2 Å². The Morgan fingerprint density at radius 2 is 2.14 bits per heavy atom. The number of benzene rings is 1. The van der Waals surface area contributed by atoms with E-state index in [4.69, 9.17) is 4.74 Å². The second-order valence-electron chi connectivity index (χ2n) is 5.43. The van der Waals surface area contributed by atoms with Crippen molar-refractivity contribution >= 4 is 22.6 Å². The van der Waals surface area contributed by atoms with Gasteiger partial charge in [-0.05, 0) is 38.7 Å². The number of rotatable bonds is 5. The minimum atomic E-state index is -0.429. The molecule has 1 aromatic heterocycles. The smallest absolute Gasteiger partial charge is 0.361 e. The van der Waals surface area contributed by atoms with E-state index in [0.717, 1.165) is 16.6 Å². The average Bonchev–Trinajstić information content (AvgIpc) is 3.32. The number of nitrogens with one attached hydrogen (secondary N) is 1. The SMILES string of the molecule is CCOC(=O)c1nnc2ccccc2c1NC(C)C1CC1. The summed E-state index contributed by atoms with van der Waals surface area (Å²) in [5, 5.41) is 12.6. The standard InChI is InChI=1S/C16H19N3O2/c1-3-21-16(20)15-14(17-10(2)11-8-9-11)12-6-4-5-7-13(12)18-19-15/h4-7,10-11H,3,8-9H2,1-2H3,(H,17,18). The van der Waals surface area contributed by atoms with Gasteiger partial charge in [0.25, 0.3) is 0 Å². The molecule has 0 saturated heterocycles. The van der Waals surface area contributed by atoms with Gasteiger partial charge in [0, 0.05) is 11.4 Å². The summed E-state index contributed by atoms with van der Waals surface area (Å²) in [4.78, 5) is 12.1. The number of nitrogens with zero attached hydrogens (tertiary/aromatic N) is 2. The van der Waals surface area contributed by atoms with Gasteiger partial charge < -0.3 is 10.1 Å². The first-order valence-electron chi connectivity index (χ1n) is 7.39. The number of anilines is 1. The maximum atomic E-state index is 12.1. The number of esters is 1. The minimum absolute atomic E-state index is 0.267. The van der Waals surface area contributed by atoms with Crippen molar-refractivity contribution in [3.8, 4) is 0 Å². The largest absolute Gasteiger partial charge is 0.461 e. The monoisotopic (exact) mass is 285 g/mol. The Bertz CT molecular complexity index is 668. The van der Waals surface area contributed by atoms with E-state index in [1.54, 1.807) is 6.92 Å². The number of ether oxygens (including phenoxy) is 1. The highest BCUT2D eigenvalue weighted by molar-refractivity contribution is 6.03. The van der Waals surface area contributed by atoms with E-state index in [0.29, 0.717) is 18.6 Å². The van der Waals surface area contributed by atoms with Crippen molar-refractivity contribution in [3.63, 3.8) is 0 Å². The molecule has 5 heteroatoms. The normalized spacial score (nSPS) is 15.7. The van der Waals surface area contributed by atoms with Crippen molar-refractivity contribution in [2.24, 2.45) is 5.92 Å². The molecule has 110 valence electrons. The van der Waals surface area contributed by atoms with E-state index >= 15 is 0 Å². The molecule has 1 unspecified atom stereocenters. The lowest BCUT2D eigenvalue weighted by atomic mass is 10.1. The molecule has 0 spiro atoms. The second kappa shape index (κ2) is 5.68. The van der Waals surface area contributed by atoms with Crippen molar-refractivity contribution in [3.05, 3.63) is 30.0 Å². The lowest BCUT2D eigenvalue weighted by Gasteiger charge is -2.18. The highest BCUT2D eigenvalue weighted by Crippen LogP contribution is 2.35. The maximum absolute atomic E-state index is 12.1. The fraction of sp³-hybridized carbons (Fsp3) is 0.438. The first-order chi connectivity index (χ1) is 10.2. The number of carbonyl (C=O) groups is 1. The molecular formula is C16H19N3O2. The maximum Gasteiger partial charge on any atom is 0.361 e. The number of fused-ring (bicyclic) bond motifs is 1. The highest BCUT2D eigenvalue weighted by Gasteiger charge is 2.29. The van der Waals surface area contributed by atoms with E-state index < -0.39 is 5.97 Å². The third-order valence-electron chi connectivity index (χ3n) is 3.84. The Labute approximate surface area is 123 Å². The number of hydrogen-bond acceptors (Lipinski definition) is 5. The van der Waals surface area contributed by atoms with Gasteiger partial charge in [-0.1, -0.05) is 18.2 Å². The van der Waals surface area contributed by atoms with Crippen LogP contribution in [0.3, 0.4) is 0 Å². The summed E-state index contributed by atoms with van der Waals surface area (Å²) in [6.45, 7) is 4.25. The minimum Gasteiger partial charge on any atom is -0.461 e. The molecule has 1 saturated carbocycles. The quantitative estimate of drug-likeness (QED) is 0.855. The summed E-state index contributed by atoms with van der Waals surface area (Å²) < 4.78 is 5.09. The predicted molar refractivity (Wildman–Crippen MR) is 81.3 cm³/mol. The molecule has 0 radical (unpaired) electrons. The molecule has 0 aliphatic heterocycles. The molecule has 0 amide bonds. The van der Waals surface area contributed by atoms with Gasteiger partial charge in [-0.2, -0.15) is 0 Å². The average molecular weight is 285 g/mol. The zero-order valence-corrected chi connectivity index (χ0v) is 12.3. The van der Waals surface area contributed by atoms with Crippen molar-refractivity contribution in [2.75, 3.05) is 11.9 Å². The van der Waals surface area contributed by atoms with Crippen LogP contribution in [0, 0.1) is 5.92 Å². The summed E-state index contributed by atoms with van der Waals surface area (Å²) in [5.74, 6) is 0.244. The molecule has 1 heterocycles. The third kappa shape index (κ3) is 2.82. The molecule has 0 bridgehead atoms. The van der Waals surface area contributed by atoms with Crippen molar-refractivity contribution in [2.45, 2.75) is 32.7 Å². The van der Waals surface area contributed by atoms with Gasteiger partial charge in [-0.15, -0.1) is 10.2 Å². The van der Waals surface area contributed by atoms with Crippen LogP contribution in [0.2, 0.25) is 0 Å². The predicted octanol–water partition coefficient (Wildman–Crippen LogP) is 3.02. The van der Waals surface area contributed by atoms with E-state index in [1.807, 2.05) is 24.3 Å². The fourth-order valence-corrected chi connectivity index (χ4v) is 2.48. The number of aromatic nitrogens is 2. The van der Waals surface area contributed by atoms with Crippen molar-refractivity contribution < 1.29 is 9.53 Å². The molecule has 1 aromatic carbocycles. The summed E-state index contributed by atoms with van der Waals surface area (Å²) in [6, 6.07) is 8.01. The third-order valence-corrected chi connectivity index (χ3v) is 3.84. The van der Waals surface area contributed by atoms with Crippen LogP contribution in [-0.2, 0) is 4.74 Å². The Morgan fingerprint density at radius 1 is 1.38 bits per heavy atom. The highest BCUT2D eigenvalue weighted by atomic mass is 16.5. The summed E-state index contributed by atoms with van der Waals surface area (Å²) >= 11 is 0. The van der Waals surface area contributed by atoms with Gasteiger partial charge in [-0.3, -0.25) is 0 Å². The lowest BCUT2D eigenvalue weighted by molar-refractivity contribution is 0.0519. The van der Waals surface area contributed by atoms with Crippen LogP contribution in [0.15, 0.2) is 24.3 Å². The second-order valence-corrected chi connectivity index (χ2v) is 5.43. The molecule has 5 nitrogen and oxygen atoms in total. The van der Waals surface area contributed by atoms with Crippen molar-refractivity contribution in [1.29, 1.82) is 0 Å². The van der Waals surface area contributed by atoms with Crippen LogP contribution < -0.4 is 5.32 Å². The Morgan fingerprint density at radius 3 is 2.86 bits per heavy atom. The molecule has 1 atom stereocenters. The van der Waals surface area contributed by atoms with E-state index in [2.05, 4.69) is 22.4 Å². The van der Waals surface area contributed by atoms with Gasteiger partial charge in [0.15, 0.2) is 5.69 Å². The molecule has 2 aromatic rings. The summed E-state index contributed by atoms with van der Waals surface area (Å²) in [5.41, 5.74) is 1.78. The first-order valence-corrected chi connectivity index (χ1v) is 7.39. The molecule has 1 N–H and O–H groups in total. The summed E-state index contributed by atoms with van der Waals surface area (Å²) in [6.07, 6.45) is 2.47. The van der Waals surface area contributed by atoms with Crippen LogP contribution in [0.4, 0.5) is 5.69 Å². The molecule has 1 fully saturated rings. The molecule has 1 aliphatic rings. The van der Waals surface area contributed by atoms with E-state index in [-0.39, 0.29) is 5.69 Å². The van der Waals surface area contributed by atoms with Crippen LogP contribution >= 0.6 is 0 Å². The van der Waals surface area contributed by atoms with Gasteiger partial charge in [0.05, 0.1) is 17.8 Å². The molecular weight excluding hydrogens is 266 g/mol. The number of hydrogen-bond donors (Lipinski definition) is 1. The van der Waals surface area contributed by atoms with Crippen LogP contribution in [0.5, 0.6) is 0 Å². The zero-order valence-electron chi connectivity index (χ0n) is 12.3. The Kier molecular flexibility index (Phi) is 3.73. The zero-order chi connectivity index (χ0) is 14.8. The van der Waals surface area contributed by atoms with Crippen molar-refractivity contribution in [1.82, 2.24) is 10.2 Å². The van der Waals surface area contributed by atoms with Crippen LogP contribution in [-0.4, -0.2) is 28.8 Å². The first kappa shape index (κ1) is 13.8. The Balaban J connectivity index is 2.05. The van der Waals surface area contributed by atoms with Gasteiger partial charge in [0.1, 0.15) is 0 Å². The topological polar surface area (TPSA) is 64.1 Å². The van der Waals surface area contributed by atoms with Crippen LogP contribution in [0.25, 0.3) is 10.9 Å².